The molecule has 0 aliphatic heterocycles. The van der Waals surface area contributed by atoms with Gasteiger partial charge in [-0.1, -0.05) is 11.6 Å². The Balaban J connectivity index is 1.97. The van der Waals surface area contributed by atoms with Gasteiger partial charge in [0.2, 0.25) is 5.95 Å². The summed E-state index contributed by atoms with van der Waals surface area (Å²) in [5.41, 5.74) is 0.746. The van der Waals surface area contributed by atoms with Gasteiger partial charge in [0.05, 0.1) is 5.02 Å². The largest absolute Gasteiger partial charge is 0.353 e. The summed E-state index contributed by atoms with van der Waals surface area (Å²) in [6, 6.07) is 3.58. The van der Waals surface area contributed by atoms with Crippen molar-refractivity contribution in [3.63, 3.8) is 0 Å². The van der Waals surface area contributed by atoms with Gasteiger partial charge in [-0.2, -0.15) is 4.98 Å². The summed E-state index contributed by atoms with van der Waals surface area (Å²) in [7, 11) is -0.745. The monoisotopic (exact) mass is 272 g/mol. The van der Waals surface area contributed by atoms with E-state index in [9.17, 15) is 4.21 Å². The third-order valence-electron chi connectivity index (χ3n) is 2.19. The number of halogens is 1. The lowest BCUT2D eigenvalue weighted by Crippen LogP contribution is -2.07. The maximum Gasteiger partial charge on any atom is 0.243 e. The minimum Gasteiger partial charge on any atom is -0.353 e. The topological polar surface area (TPSA) is 59.3 Å². The smallest absolute Gasteiger partial charge is 0.243 e. The zero-order valence-corrected chi connectivity index (χ0v) is 11.0. The Bertz CT molecular complexity index is 542. The van der Waals surface area contributed by atoms with Crippen molar-refractivity contribution in [2.45, 2.75) is 6.42 Å². The second kappa shape index (κ2) is 5.46. The second-order valence-corrected chi connectivity index (χ2v) is 5.63. The average molecular weight is 273 g/mol. The quantitative estimate of drug-likeness (QED) is 0.840. The fourth-order valence-electron chi connectivity index (χ4n) is 1.41. The van der Waals surface area contributed by atoms with Crippen LogP contribution in [0.1, 0.15) is 6.42 Å². The zero-order chi connectivity index (χ0) is 12.3. The highest BCUT2D eigenvalue weighted by atomic mass is 35.5. The van der Waals surface area contributed by atoms with Crippen molar-refractivity contribution in [3.05, 3.63) is 23.4 Å². The van der Waals surface area contributed by atoms with Gasteiger partial charge < -0.3 is 5.32 Å². The van der Waals surface area contributed by atoms with Crippen LogP contribution in [0.4, 0.5) is 5.95 Å². The van der Waals surface area contributed by atoms with Crippen LogP contribution in [0.5, 0.6) is 0 Å². The first-order valence-corrected chi connectivity index (χ1v) is 7.31. The van der Waals surface area contributed by atoms with Gasteiger partial charge >= 0.3 is 0 Å². The molecule has 2 heterocycles. The molecule has 0 amide bonds. The number of pyridine rings is 1. The number of nitrogens with one attached hydrogen (secondary N) is 1. The van der Waals surface area contributed by atoms with Gasteiger partial charge in [0.25, 0.3) is 0 Å². The Labute approximate surface area is 107 Å². The number of hydrogen-bond acceptors (Lipinski definition) is 4. The average Bonchev–Trinajstić information content (AvgIpc) is 2.66. The lowest BCUT2D eigenvalue weighted by molar-refractivity contribution is 0.685. The minimum atomic E-state index is -0.745. The molecule has 2 rings (SSSR count). The summed E-state index contributed by atoms with van der Waals surface area (Å²) in [5.74, 6) is 1.25. The van der Waals surface area contributed by atoms with Crippen molar-refractivity contribution >= 4 is 34.0 Å². The SMILES string of the molecule is CS(=O)CCCNc1nc2ccc(Cl)cn2n1. The Hall–Kier alpha value is -1.14. The molecule has 1 unspecified atom stereocenters. The van der Waals surface area contributed by atoms with Gasteiger partial charge in [-0.15, -0.1) is 5.10 Å². The molecule has 0 aliphatic rings. The number of hydrogen-bond donors (Lipinski definition) is 1. The third kappa shape index (κ3) is 3.41. The summed E-state index contributed by atoms with van der Waals surface area (Å²) in [6.45, 7) is 0.712. The van der Waals surface area contributed by atoms with Crippen molar-refractivity contribution in [2.24, 2.45) is 0 Å². The van der Waals surface area contributed by atoms with Crippen molar-refractivity contribution in [3.8, 4) is 0 Å². The second-order valence-electron chi connectivity index (χ2n) is 3.64. The Morgan fingerprint density at radius 1 is 1.53 bits per heavy atom. The van der Waals surface area contributed by atoms with E-state index in [2.05, 4.69) is 15.4 Å². The van der Waals surface area contributed by atoms with E-state index in [1.54, 1.807) is 23.0 Å². The minimum absolute atomic E-state index is 0.564. The van der Waals surface area contributed by atoms with Crippen molar-refractivity contribution in [1.29, 1.82) is 0 Å². The van der Waals surface area contributed by atoms with Crippen LogP contribution >= 0.6 is 11.6 Å². The van der Waals surface area contributed by atoms with Crippen LogP contribution in [0.2, 0.25) is 5.02 Å². The molecule has 92 valence electrons. The third-order valence-corrected chi connectivity index (χ3v) is 3.27. The zero-order valence-electron chi connectivity index (χ0n) is 9.39. The van der Waals surface area contributed by atoms with Crippen LogP contribution in [0.3, 0.4) is 0 Å². The molecule has 5 nitrogen and oxygen atoms in total. The Kier molecular flexibility index (Phi) is 3.96. The normalized spacial score (nSPS) is 12.8. The number of fused-ring (bicyclic) bond motifs is 1. The van der Waals surface area contributed by atoms with E-state index in [0.29, 0.717) is 23.3 Å². The first kappa shape index (κ1) is 12.3. The summed E-state index contributed by atoms with van der Waals surface area (Å²) in [4.78, 5) is 4.28. The van der Waals surface area contributed by atoms with Crippen molar-refractivity contribution in [1.82, 2.24) is 14.6 Å². The molecule has 0 aromatic carbocycles. The molecule has 7 heteroatoms. The van der Waals surface area contributed by atoms with Crippen molar-refractivity contribution in [2.75, 3.05) is 23.9 Å². The van der Waals surface area contributed by atoms with Crippen LogP contribution in [-0.2, 0) is 10.8 Å². The summed E-state index contributed by atoms with van der Waals surface area (Å²) < 4.78 is 12.5. The fraction of sp³-hybridized carbons (Fsp3) is 0.400. The van der Waals surface area contributed by atoms with Crippen molar-refractivity contribution < 1.29 is 4.21 Å². The maximum atomic E-state index is 10.9. The summed E-state index contributed by atoms with van der Waals surface area (Å²) in [6.07, 6.45) is 4.24. The first-order valence-electron chi connectivity index (χ1n) is 5.21. The van der Waals surface area contributed by atoms with Gasteiger partial charge in [0.1, 0.15) is 0 Å². The lowest BCUT2D eigenvalue weighted by atomic mass is 10.5. The highest BCUT2D eigenvalue weighted by molar-refractivity contribution is 7.84. The van der Waals surface area contributed by atoms with Crippen LogP contribution in [0.15, 0.2) is 18.3 Å². The van der Waals surface area contributed by atoms with E-state index in [0.717, 1.165) is 12.1 Å². The summed E-state index contributed by atoms with van der Waals surface area (Å²) >= 11 is 5.85. The van der Waals surface area contributed by atoms with E-state index in [4.69, 9.17) is 11.6 Å². The standard InChI is InChI=1S/C10H13ClN4OS/c1-17(16)6-2-5-12-10-13-9-4-3-8(11)7-15(9)14-10/h3-4,7H,2,5-6H2,1H3,(H,12,14). The van der Waals surface area contributed by atoms with Crippen LogP contribution in [-0.4, -0.2) is 37.4 Å². The van der Waals surface area contributed by atoms with E-state index in [-0.39, 0.29) is 0 Å². The molecule has 0 saturated heterocycles. The molecule has 17 heavy (non-hydrogen) atoms. The molecule has 0 fully saturated rings. The lowest BCUT2D eigenvalue weighted by Gasteiger charge is -1.99. The Morgan fingerprint density at radius 3 is 3.12 bits per heavy atom. The van der Waals surface area contributed by atoms with Gasteiger partial charge in [-0.3, -0.25) is 4.21 Å². The number of nitrogens with zero attached hydrogens (tertiary/aromatic N) is 3. The summed E-state index contributed by atoms with van der Waals surface area (Å²) in [5, 5.41) is 7.93. The Morgan fingerprint density at radius 2 is 2.35 bits per heavy atom. The molecule has 2 aromatic rings. The molecule has 0 saturated carbocycles. The predicted molar refractivity (Wildman–Crippen MR) is 70.0 cm³/mol. The number of rotatable bonds is 5. The highest BCUT2D eigenvalue weighted by Crippen LogP contribution is 2.11. The molecule has 0 aliphatic carbocycles. The molecule has 1 atom stereocenters. The molecular weight excluding hydrogens is 260 g/mol. The van der Waals surface area contributed by atoms with Crippen LogP contribution in [0.25, 0.3) is 5.65 Å². The van der Waals surface area contributed by atoms with E-state index < -0.39 is 10.8 Å². The molecule has 2 aromatic heterocycles. The fourth-order valence-corrected chi connectivity index (χ4v) is 2.11. The molecular formula is C10H13ClN4OS. The number of anilines is 1. The van der Waals surface area contributed by atoms with Gasteiger partial charge in [-0.05, 0) is 18.6 Å². The first-order chi connectivity index (χ1) is 8.15. The molecule has 0 bridgehead atoms. The number of aromatic nitrogens is 3. The predicted octanol–water partition coefficient (Wildman–Crippen LogP) is 1.56. The highest BCUT2D eigenvalue weighted by Gasteiger charge is 2.02. The van der Waals surface area contributed by atoms with Gasteiger partial charge in [0.15, 0.2) is 5.65 Å². The van der Waals surface area contributed by atoms with E-state index in [1.165, 1.54) is 0 Å². The molecule has 1 N–H and O–H groups in total. The molecule has 0 spiro atoms. The van der Waals surface area contributed by atoms with Gasteiger partial charge in [-0.25, -0.2) is 4.52 Å². The van der Waals surface area contributed by atoms with Crippen LogP contribution < -0.4 is 5.32 Å². The van der Waals surface area contributed by atoms with Gasteiger partial charge in [0, 0.05) is 35.5 Å². The van der Waals surface area contributed by atoms with Crippen LogP contribution in [0, 0.1) is 0 Å². The molecule has 0 radical (unpaired) electrons. The maximum absolute atomic E-state index is 10.9. The van der Waals surface area contributed by atoms with E-state index >= 15 is 0 Å². The van der Waals surface area contributed by atoms with E-state index in [1.807, 2.05) is 6.07 Å².